The predicted octanol–water partition coefficient (Wildman–Crippen LogP) is 10.7. The van der Waals surface area contributed by atoms with E-state index in [1.165, 1.54) is 30.9 Å². The number of pyridine rings is 1. The molecule has 1 atom stereocenters. The second kappa shape index (κ2) is 10.7. The summed E-state index contributed by atoms with van der Waals surface area (Å²) in [5.41, 5.74) is 6.63. The van der Waals surface area contributed by atoms with Crippen LogP contribution in [0.3, 0.4) is 0 Å². The van der Waals surface area contributed by atoms with E-state index in [-0.39, 0.29) is 6.17 Å². The summed E-state index contributed by atoms with van der Waals surface area (Å²) in [6.07, 6.45) is 3.47. The van der Waals surface area contributed by atoms with Crippen LogP contribution in [-0.4, -0.2) is 16.7 Å². The molecule has 10 rings (SSSR count). The Kier molecular flexibility index (Phi) is 6.04. The van der Waals surface area contributed by atoms with E-state index in [2.05, 4.69) is 121 Å². The van der Waals surface area contributed by atoms with E-state index >= 15 is 0 Å². The van der Waals surface area contributed by atoms with Gasteiger partial charge < -0.3 is 9.73 Å². The van der Waals surface area contributed by atoms with E-state index in [4.69, 9.17) is 19.4 Å². The molecule has 4 heterocycles. The first-order valence-electron chi connectivity index (χ1n) is 16.0. The number of nitrogens with zero attached hydrogens (tertiary/aromatic N) is 3. The number of furan rings is 1. The zero-order valence-corrected chi connectivity index (χ0v) is 26.4. The van der Waals surface area contributed by atoms with Crippen LogP contribution in [0.1, 0.15) is 22.9 Å². The van der Waals surface area contributed by atoms with Gasteiger partial charge in [0.2, 0.25) is 0 Å². The van der Waals surface area contributed by atoms with Gasteiger partial charge in [-0.25, -0.2) is 9.98 Å². The normalized spacial score (nSPS) is 14.9. The first kappa shape index (κ1) is 27.0. The summed E-state index contributed by atoms with van der Waals surface area (Å²) >= 11 is 1.80. The molecule has 0 aliphatic carbocycles. The summed E-state index contributed by atoms with van der Waals surface area (Å²) in [6, 6.07) is 46.4. The molecule has 5 nitrogen and oxygen atoms in total. The SMILES string of the molecule is c1ccc(C2N=C(c3cccc4oc5c(-c6ccc7ccccc7c6)cncc5c34)N=C(c3cccc4c3sc3ccccc34)N2)cc1. The van der Waals surface area contributed by atoms with Crippen molar-refractivity contribution in [2.45, 2.75) is 6.17 Å². The number of fused-ring (bicyclic) bond motifs is 7. The molecule has 48 heavy (non-hydrogen) atoms. The van der Waals surface area contributed by atoms with Gasteiger partial charge in [-0.2, -0.15) is 0 Å². The Hall–Kier alpha value is -6.11. The molecule has 0 saturated heterocycles. The van der Waals surface area contributed by atoms with Crippen LogP contribution in [0.25, 0.3) is 64.0 Å². The summed E-state index contributed by atoms with van der Waals surface area (Å²) in [7, 11) is 0. The Morgan fingerprint density at radius 2 is 1.42 bits per heavy atom. The highest BCUT2D eigenvalue weighted by Gasteiger charge is 2.25. The Labute approximate surface area is 279 Å². The molecule has 3 aromatic heterocycles. The van der Waals surface area contributed by atoms with Gasteiger partial charge in [0.25, 0.3) is 0 Å². The van der Waals surface area contributed by atoms with Crippen LogP contribution in [-0.2, 0) is 0 Å². The maximum atomic E-state index is 6.64. The van der Waals surface area contributed by atoms with Crippen LogP contribution < -0.4 is 5.32 Å². The summed E-state index contributed by atoms with van der Waals surface area (Å²) in [5.74, 6) is 1.45. The summed E-state index contributed by atoms with van der Waals surface area (Å²) in [6.45, 7) is 0. The molecule has 0 radical (unpaired) electrons. The van der Waals surface area contributed by atoms with Crippen molar-refractivity contribution in [3.05, 3.63) is 163 Å². The van der Waals surface area contributed by atoms with E-state index in [9.17, 15) is 0 Å². The van der Waals surface area contributed by atoms with Crippen LogP contribution in [0.15, 0.2) is 160 Å². The Balaban J connectivity index is 1.18. The smallest absolute Gasteiger partial charge is 0.160 e. The van der Waals surface area contributed by atoms with Gasteiger partial charge in [-0.1, -0.05) is 109 Å². The third-order valence-corrected chi connectivity index (χ3v) is 10.4. The van der Waals surface area contributed by atoms with Gasteiger partial charge in [0.15, 0.2) is 5.84 Å². The van der Waals surface area contributed by atoms with Crippen molar-refractivity contribution < 1.29 is 4.42 Å². The number of rotatable bonds is 4. The second-order valence-electron chi connectivity index (χ2n) is 12.1. The van der Waals surface area contributed by atoms with Crippen LogP contribution in [0.4, 0.5) is 0 Å². The third kappa shape index (κ3) is 4.27. The highest BCUT2D eigenvalue weighted by Crippen LogP contribution is 2.40. The standard InChI is InChI=1S/C42H26N4OS/c1-2-11-26(12-3-1)40-44-41(46-42(45-40)32-17-8-15-30-29-14-6-7-19-36(29)48-39(30)32)31-16-9-18-35-37(31)34-24-43-23-33(38(34)47-35)28-21-20-25-10-4-5-13-27(25)22-28/h1-24,40H,(H,44,45,46). The van der Waals surface area contributed by atoms with Gasteiger partial charge in [-0.3, -0.25) is 4.98 Å². The largest absolute Gasteiger partial charge is 0.455 e. The lowest BCUT2D eigenvalue weighted by Gasteiger charge is -2.24. The van der Waals surface area contributed by atoms with Gasteiger partial charge in [-0.15, -0.1) is 11.3 Å². The zero-order valence-electron chi connectivity index (χ0n) is 25.6. The fraction of sp³-hybridized carbons (Fsp3) is 0.0238. The number of aliphatic imine (C=N–C) groups is 2. The van der Waals surface area contributed by atoms with Crippen LogP contribution >= 0.6 is 11.3 Å². The van der Waals surface area contributed by atoms with Crippen molar-refractivity contribution in [1.29, 1.82) is 0 Å². The Morgan fingerprint density at radius 1 is 0.625 bits per heavy atom. The molecule has 0 amide bonds. The lowest BCUT2D eigenvalue weighted by molar-refractivity contribution is 0.669. The topological polar surface area (TPSA) is 62.8 Å². The molecule has 6 aromatic carbocycles. The molecule has 9 aromatic rings. The molecule has 1 aliphatic heterocycles. The second-order valence-corrected chi connectivity index (χ2v) is 13.1. The summed E-state index contributed by atoms with van der Waals surface area (Å²) < 4.78 is 9.10. The monoisotopic (exact) mass is 634 g/mol. The Morgan fingerprint density at radius 3 is 2.35 bits per heavy atom. The third-order valence-electron chi connectivity index (χ3n) is 9.22. The average molecular weight is 635 g/mol. The maximum Gasteiger partial charge on any atom is 0.160 e. The van der Waals surface area contributed by atoms with Crippen molar-refractivity contribution in [2.24, 2.45) is 9.98 Å². The van der Waals surface area contributed by atoms with Gasteiger partial charge in [0.05, 0.1) is 0 Å². The average Bonchev–Trinajstić information content (AvgIpc) is 3.73. The van der Waals surface area contributed by atoms with Crippen molar-refractivity contribution >= 4 is 75.9 Å². The summed E-state index contributed by atoms with van der Waals surface area (Å²) in [5, 5.41) is 10.4. The van der Waals surface area contributed by atoms with E-state index < -0.39 is 0 Å². The van der Waals surface area contributed by atoms with Crippen LogP contribution in [0.5, 0.6) is 0 Å². The number of benzene rings is 6. The number of hydrogen-bond acceptors (Lipinski definition) is 6. The fourth-order valence-corrected chi connectivity index (χ4v) is 8.15. The first-order valence-corrected chi connectivity index (χ1v) is 16.8. The lowest BCUT2D eigenvalue weighted by Crippen LogP contribution is -2.33. The van der Waals surface area contributed by atoms with Crippen molar-refractivity contribution in [3.8, 4) is 11.1 Å². The minimum absolute atomic E-state index is 0.321. The molecular weight excluding hydrogens is 609 g/mol. The minimum atomic E-state index is -0.321. The van der Waals surface area contributed by atoms with E-state index in [1.54, 1.807) is 11.3 Å². The molecule has 0 spiro atoms. The highest BCUT2D eigenvalue weighted by molar-refractivity contribution is 7.26. The number of nitrogens with one attached hydrogen (secondary N) is 1. The molecule has 0 saturated carbocycles. The molecule has 6 heteroatoms. The van der Waals surface area contributed by atoms with Gasteiger partial charge in [0, 0.05) is 60.0 Å². The molecular formula is C42H26N4OS. The fourth-order valence-electron chi connectivity index (χ4n) is 6.94. The number of amidine groups is 2. The van der Waals surface area contributed by atoms with Gasteiger partial charge >= 0.3 is 0 Å². The number of hydrogen-bond donors (Lipinski definition) is 1. The molecule has 1 unspecified atom stereocenters. The van der Waals surface area contributed by atoms with E-state index in [0.717, 1.165) is 55.6 Å². The van der Waals surface area contributed by atoms with Crippen molar-refractivity contribution in [3.63, 3.8) is 0 Å². The maximum absolute atomic E-state index is 6.64. The van der Waals surface area contributed by atoms with Gasteiger partial charge in [0.1, 0.15) is 23.2 Å². The van der Waals surface area contributed by atoms with E-state index in [0.29, 0.717) is 5.84 Å². The molecule has 226 valence electrons. The quantitative estimate of drug-likeness (QED) is 0.210. The highest BCUT2D eigenvalue weighted by atomic mass is 32.1. The van der Waals surface area contributed by atoms with Crippen molar-refractivity contribution in [2.75, 3.05) is 0 Å². The van der Waals surface area contributed by atoms with Gasteiger partial charge in [-0.05, 0) is 46.2 Å². The first-order chi connectivity index (χ1) is 23.8. The molecule has 0 bridgehead atoms. The molecule has 0 fully saturated rings. The van der Waals surface area contributed by atoms with Crippen LogP contribution in [0, 0.1) is 0 Å². The van der Waals surface area contributed by atoms with Crippen molar-refractivity contribution in [1.82, 2.24) is 10.3 Å². The van der Waals surface area contributed by atoms with Crippen LogP contribution in [0.2, 0.25) is 0 Å². The lowest BCUT2D eigenvalue weighted by atomic mass is 10.00. The summed E-state index contributed by atoms with van der Waals surface area (Å²) in [4.78, 5) is 15.2. The number of aromatic nitrogens is 1. The number of thiophene rings is 1. The Bertz CT molecular complexity index is 2780. The molecule has 1 N–H and O–H groups in total. The predicted molar refractivity (Wildman–Crippen MR) is 199 cm³/mol. The minimum Gasteiger partial charge on any atom is -0.455 e. The molecule has 1 aliphatic rings. The van der Waals surface area contributed by atoms with E-state index in [1.807, 2.05) is 30.6 Å². The zero-order chi connectivity index (χ0) is 31.6.